The third-order valence-electron chi connectivity index (χ3n) is 1.86. The van der Waals surface area contributed by atoms with E-state index in [1.165, 1.54) is 0 Å². The number of amides is 1. The molecule has 0 spiro atoms. The molecule has 0 saturated heterocycles. The summed E-state index contributed by atoms with van der Waals surface area (Å²) in [6.45, 7) is 0.174. The zero-order chi connectivity index (χ0) is 12.1. The largest absolute Gasteiger partial charge is 0.491 e. The number of halogens is 3. The summed E-state index contributed by atoms with van der Waals surface area (Å²) in [6, 6.07) is 1.96. The molecule has 1 aromatic carbocycles. The third kappa shape index (κ3) is 4.16. The molecule has 17 heavy (non-hydrogen) atoms. The predicted octanol–water partition coefficient (Wildman–Crippen LogP) is 1.68. The van der Waals surface area contributed by atoms with E-state index in [1.54, 1.807) is 0 Å². The van der Waals surface area contributed by atoms with E-state index in [1.807, 2.05) is 0 Å². The highest BCUT2D eigenvalue weighted by molar-refractivity contribution is 5.90. The lowest BCUT2D eigenvalue weighted by Gasteiger charge is -2.08. The second-order valence-electron chi connectivity index (χ2n) is 3.06. The van der Waals surface area contributed by atoms with Crippen LogP contribution in [0.25, 0.3) is 0 Å². The summed E-state index contributed by atoms with van der Waals surface area (Å²) in [7, 11) is 1.16. The Kier molecular flexibility index (Phi) is 6.45. The van der Waals surface area contributed by atoms with Crippen LogP contribution < -0.4 is 15.8 Å². The zero-order valence-corrected chi connectivity index (χ0v) is 9.94. The van der Waals surface area contributed by atoms with Gasteiger partial charge in [0.15, 0.2) is 17.4 Å². The van der Waals surface area contributed by atoms with Crippen LogP contribution in [0.5, 0.6) is 5.75 Å². The molecule has 4 nitrogen and oxygen atoms in total. The van der Waals surface area contributed by atoms with Gasteiger partial charge in [-0.05, 0) is 0 Å². The van der Waals surface area contributed by atoms with E-state index in [-0.39, 0.29) is 31.1 Å². The van der Waals surface area contributed by atoms with Crippen molar-refractivity contribution in [1.82, 2.24) is 0 Å². The van der Waals surface area contributed by atoms with Crippen LogP contribution in [0, 0.1) is 11.6 Å². The van der Waals surface area contributed by atoms with Crippen molar-refractivity contribution in [1.29, 1.82) is 0 Å². The van der Waals surface area contributed by atoms with Gasteiger partial charge in [-0.25, -0.2) is 8.78 Å². The zero-order valence-electron chi connectivity index (χ0n) is 9.13. The predicted molar refractivity (Wildman–Crippen MR) is 62.5 cm³/mol. The van der Waals surface area contributed by atoms with E-state index in [2.05, 4.69) is 10.1 Å². The highest BCUT2D eigenvalue weighted by Gasteiger charge is 2.12. The van der Waals surface area contributed by atoms with Crippen molar-refractivity contribution in [3.05, 3.63) is 23.8 Å². The van der Waals surface area contributed by atoms with E-state index >= 15 is 0 Å². The van der Waals surface area contributed by atoms with Crippen molar-refractivity contribution >= 4 is 24.0 Å². The van der Waals surface area contributed by atoms with Crippen LogP contribution in [-0.4, -0.2) is 19.6 Å². The lowest BCUT2D eigenvalue weighted by Crippen LogP contribution is -2.16. The Hall–Kier alpha value is -1.40. The van der Waals surface area contributed by atoms with Crippen molar-refractivity contribution in [3.8, 4) is 5.75 Å². The monoisotopic (exact) mass is 266 g/mol. The first kappa shape index (κ1) is 15.6. The lowest BCUT2D eigenvalue weighted by atomic mass is 10.2. The summed E-state index contributed by atoms with van der Waals surface area (Å²) in [5.41, 5.74) is 5.20. The molecule has 0 atom stereocenters. The maximum atomic E-state index is 13.2. The van der Waals surface area contributed by atoms with Crippen molar-refractivity contribution in [2.24, 2.45) is 5.73 Å². The number of anilines is 1. The number of carbonyl (C=O) groups is 1. The van der Waals surface area contributed by atoms with Gasteiger partial charge in [0.05, 0.1) is 7.11 Å². The quantitative estimate of drug-likeness (QED) is 0.872. The van der Waals surface area contributed by atoms with Crippen LogP contribution in [0.3, 0.4) is 0 Å². The number of rotatable bonds is 4. The van der Waals surface area contributed by atoms with E-state index in [0.717, 1.165) is 19.2 Å². The van der Waals surface area contributed by atoms with Crippen molar-refractivity contribution in [2.45, 2.75) is 6.42 Å². The number of hydrogen-bond donors (Lipinski definition) is 2. The summed E-state index contributed by atoms with van der Waals surface area (Å²) in [5, 5.41) is 2.32. The first-order valence-corrected chi connectivity index (χ1v) is 4.61. The normalized spacial score (nSPS) is 9.41. The Morgan fingerprint density at radius 3 is 2.35 bits per heavy atom. The molecule has 0 aliphatic carbocycles. The molecule has 0 saturated carbocycles. The molecule has 1 rings (SSSR count). The van der Waals surface area contributed by atoms with Crippen LogP contribution in [0.1, 0.15) is 6.42 Å². The molecular weight excluding hydrogens is 254 g/mol. The standard InChI is InChI=1S/C10H12F2N2O2.ClH/c1-16-10-7(11)4-6(5-8(10)12)14-9(15)2-3-13;/h4-5H,2-3,13H2,1H3,(H,14,15);1H. The number of carbonyl (C=O) groups excluding carboxylic acids is 1. The summed E-state index contributed by atoms with van der Waals surface area (Å²) in [4.78, 5) is 11.1. The van der Waals surface area contributed by atoms with Crippen LogP contribution in [-0.2, 0) is 4.79 Å². The fourth-order valence-electron chi connectivity index (χ4n) is 1.18. The molecule has 1 aromatic rings. The van der Waals surface area contributed by atoms with Gasteiger partial charge in [-0.2, -0.15) is 0 Å². The van der Waals surface area contributed by atoms with E-state index in [0.29, 0.717) is 0 Å². The number of ether oxygens (including phenoxy) is 1. The Labute approximate surface area is 104 Å². The van der Waals surface area contributed by atoms with Gasteiger partial charge >= 0.3 is 0 Å². The first-order chi connectivity index (χ1) is 7.58. The van der Waals surface area contributed by atoms with Crippen molar-refractivity contribution in [2.75, 3.05) is 19.0 Å². The smallest absolute Gasteiger partial charge is 0.225 e. The molecule has 0 aliphatic rings. The average molecular weight is 267 g/mol. The van der Waals surface area contributed by atoms with Gasteiger partial charge in [-0.15, -0.1) is 12.4 Å². The maximum absolute atomic E-state index is 13.2. The Bertz CT molecular complexity index is 379. The van der Waals surface area contributed by atoms with E-state index < -0.39 is 23.3 Å². The molecule has 0 aromatic heterocycles. The lowest BCUT2D eigenvalue weighted by molar-refractivity contribution is -0.116. The summed E-state index contributed by atoms with van der Waals surface area (Å²) in [5.74, 6) is -2.61. The first-order valence-electron chi connectivity index (χ1n) is 4.61. The van der Waals surface area contributed by atoms with Crippen LogP contribution >= 0.6 is 12.4 Å². The van der Waals surface area contributed by atoms with Crippen LogP contribution in [0.2, 0.25) is 0 Å². The van der Waals surface area contributed by atoms with Crippen LogP contribution in [0.4, 0.5) is 14.5 Å². The molecule has 3 N–H and O–H groups in total. The second-order valence-corrected chi connectivity index (χ2v) is 3.06. The highest BCUT2D eigenvalue weighted by atomic mass is 35.5. The van der Waals surface area contributed by atoms with Gasteiger partial charge in [0, 0.05) is 30.8 Å². The van der Waals surface area contributed by atoms with Gasteiger partial charge < -0.3 is 15.8 Å². The number of nitrogens with one attached hydrogen (secondary N) is 1. The van der Waals surface area contributed by atoms with Gasteiger partial charge in [0.1, 0.15) is 0 Å². The summed E-state index contributed by atoms with van der Waals surface area (Å²) < 4.78 is 30.9. The van der Waals surface area contributed by atoms with Gasteiger partial charge in [-0.1, -0.05) is 0 Å². The van der Waals surface area contributed by atoms with Crippen molar-refractivity contribution < 1.29 is 18.3 Å². The van der Waals surface area contributed by atoms with E-state index in [9.17, 15) is 13.6 Å². The molecular formula is C10H13ClF2N2O2. The average Bonchev–Trinajstić information content (AvgIpc) is 2.17. The molecule has 1 amide bonds. The van der Waals surface area contributed by atoms with Gasteiger partial charge in [0.25, 0.3) is 0 Å². The second kappa shape index (κ2) is 7.03. The summed E-state index contributed by atoms with van der Waals surface area (Å²) in [6.07, 6.45) is 0.0925. The number of nitrogens with two attached hydrogens (primary N) is 1. The molecule has 0 aliphatic heterocycles. The topological polar surface area (TPSA) is 64.3 Å². The Balaban J connectivity index is 0.00000256. The number of methoxy groups -OCH3 is 1. The third-order valence-corrected chi connectivity index (χ3v) is 1.86. The minimum atomic E-state index is -0.870. The minimum Gasteiger partial charge on any atom is -0.491 e. The highest BCUT2D eigenvalue weighted by Crippen LogP contribution is 2.25. The minimum absolute atomic E-state index is 0. The molecule has 7 heteroatoms. The molecule has 0 fully saturated rings. The molecule has 0 radical (unpaired) electrons. The Morgan fingerprint density at radius 2 is 1.94 bits per heavy atom. The molecule has 0 bridgehead atoms. The van der Waals surface area contributed by atoms with Crippen LogP contribution in [0.15, 0.2) is 12.1 Å². The Morgan fingerprint density at radius 1 is 1.41 bits per heavy atom. The summed E-state index contributed by atoms with van der Waals surface area (Å²) >= 11 is 0. The van der Waals surface area contributed by atoms with Crippen molar-refractivity contribution in [3.63, 3.8) is 0 Å². The molecule has 0 heterocycles. The number of hydrogen-bond acceptors (Lipinski definition) is 3. The van der Waals surface area contributed by atoms with Gasteiger partial charge in [-0.3, -0.25) is 4.79 Å². The molecule has 0 unspecified atom stereocenters. The SMILES string of the molecule is COc1c(F)cc(NC(=O)CCN)cc1F.Cl. The van der Waals surface area contributed by atoms with Gasteiger partial charge in [0.2, 0.25) is 5.91 Å². The fraction of sp³-hybridized carbons (Fsp3) is 0.300. The maximum Gasteiger partial charge on any atom is 0.225 e. The fourth-order valence-corrected chi connectivity index (χ4v) is 1.18. The molecule has 96 valence electrons. The van der Waals surface area contributed by atoms with E-state index in [4.69, 9.17) is 5.73 Å². The number of benzene rings is 1.